The molecule has 0 spiro atoms. The molecule has 0 saturated heterocycles. The van der Waals surface area contributed by atoms with Crippen LogP contribution in [-0.2, 0) is 5.41 Å². The van der Waals surface area contributed by atoms with Crippen LogP contribution in [0.2, 0.25) is 0 Å². The zero-order valence-corrected chi connectivity index (χ0v) is 15.3. The number of thiocarbonyl (C=S) groups is 1. The van der Waals surface area contributed by atoms with Crippen molar-refractivity contribution in [3.05, 3.63) is 59.5 Å². The van der Waals surface area contributed by atoms with E-state index in [0.29, 0.717) is 5.11 Å². The number of aromatic nitrogens is 1. The SMILES string of the molecule is Cc1ccnc(NC(=S)NCC2(c3ccc(F)cc3)CCCCC2)c1. The topological polar surface area (TPSA) is 37.0 Å². The number of benzene rings is 1. The first-order chi connectivity index (χ1) is 12.1. The molecule has 0 atom stereocenters. The first-order valence-corrected chi connectivity index (χ1v) is 9.22. The first-order valence-electron chi connectivity index (χ1n) is 8.81. The summed E-state index contributed by atoms with van der Waals surface area (Å²) in [7, 11) is 0. The number of hydrogen-bond donors (Lipinski definition) is 2. The quantitative estimate of drug-likeness (QED) is 0.777. The summed E-state index contributed by atoms with van der Waals surface area (Å²) in [6, 6.07) is 10.9. The van der Waals surface area contributed by atoms with E-state index in [1.807, 2.05) is 31.2 Å². The van der Waals surface area contributed by atoms with Crippen LogP contribution in [0.5, 0.6) is 0 Å². The lowest BCUT2D eigenvalue weighted by Gasteiger charge is -2.38. The van der Waals surface area contributed by atoms with E-state index in [0.717, 1.165) is 30.8 Å². The number of hydrogen-bond acceptors (Lipinski definition) is 2. The fraction of sp³-hybridized carbons (Fsp3) is 0.400. The Bertz CT molecular complexity index is 724. The van der Waals surface area contributed by atoms with Gasteiger partial charge in [-0.05, 0) is 67.4 Å². The fourth-order valence-electron chi connectivity index (χ4n) is 3.61. The molecule has 1 aromatic heterocycles. The van der Waals surface area contributed by atoms with E-state index in [-0.39, 0.29) is 11.2 Å². The van der Waals surface area contributed by atoms with Gasteiger partial charge in [-0.1, -0.05) is 31.4 Å². The molecule has 3 nitrogen and oxygen atoms in total. The van der Waals surface area contributed by atoms with Crippen molar-refractivity contribution in [2.24, 2.45) is 0 Å². The maximum absolute atomic E-state index is 13.3. The monoisotopic (exact) mass is 357 g/mol. The smallest absolute Gasteiger partial charge is 0.171 e. The Kier molecular flexibility index (Phi) is 5.63. The molecule has 0 aliphatic heterocycles. The number of anilines is 1. The van der Waals surface area contributed by atoms with Gasteiger partial charge in [0.2, 0.25) is 0 Å². The molecule has 25 heavy (non-hydrogen) atoms. The van der Waals surface area contributed by atoms with Gasteiger partial charge in [0.1, 0.15) is 11.6 Å². The van der Waals surface area contributed by atoms with E-state index in [2.05, 4.69) is 15.6 Å². The average Bonchev–Trinajstić information content (AvgIpc) is 2.61. The van der Waals surface area contributed by atoms with Crippen LogP contribution in [0.15, 0.2) is 42.6 Å². The Morgan fingerprint density at radius 1 is 1.16 bits per heavy atom. The number of rotatable bonds is 4. The van der Waals surface area contributed by atoms with Gasteiger partial charge in [-0.2, -0.15) is 0 Å². The van der Waals surface area contributed by atoms with Gasteiger partial charge in [0, 0.05) is 18.2 Å². The molecule has 0 radical (unpaired) electrons. The summed E-state index contributed by atoms with van der Waals surface area (Å²) in [6.45, 7) is 2.77. The van der Waals surface area contributed by atoms with Crippen molar-refractivity contribution in [1.29, 1.82) is 0 Å². The lowest BCUT2D eigenvalue weighted by molar-refractivity contribution is 0.292. The second kappa shape index (κ2) is 7.91. The molecule has 1 aromatic carbocycles. The lowest BCUT2D eigenvalue weighted by Crippen LogP contribution is -2.43. The number of aryl methyl sites for hydroxylation is 1. The highest BCUT2D eigenvalue weighted by Gasteiger charge is 2.33. The Morgan fingerprint density at radius 2 is 1.88 bits per heavy atom. The van der Waals surface area contributed by atoms with E-state index < -0.39 is 0 Å². The van der Waals surface area contributed by atoms with Crippen LogP contribution >= 0.6 is 12.2 Å². The van der Waals surface area contributed by atoms with Gasteiger partial charge in [-0.15, -0.1) is 0 Å². The van der Waals surface area contributed by atoms with Gasteiger partial charge in [-0.3, -0.25) is 0 Å². The minimum absolute atomic E-state index is 0.0116. The van der Waals surface area contributed by atoms with E-state index in [4.69, 9.17) is 12.2 Å². The van der Waals surface area contributed by atoms with Crippen molar-refractivity contribution < 1.29 is 4.39 Å². The van der Waals surface area contributed by atoms with Crippen LogP contribution in [0.4, 0.5) is 10.2 Å². The second-order valence-corrected chi connectivity index (χ2v) is 7.28. The maximum atomic E-state index is 13.3. The van der Waals surface area contributed by atoms with Gasteiger partial charge in [-0.25, -0.2) is 9.37 Å². The standard InChI is InChI=1S/C20H24FN3S/c1-15-9-12-22-18(13-15)24-19(25)23-14-20(10-3-2-4-11-20)16-5-7-17(21)8-6-16/h5-9,12-13H,2-4,10-11,14H2,1H3,(H2,22,23,24,25). The van der Waals surface area contributed by atoms with Crippen molar-refractivity contribution in [3.63, 3.8) is 0 Å². The predicted molar refractivity (Wildman–Crippen MR) is 104 cm³/mol. The molecule has 1 saturated carbocycles. The van der Waals surface area contributed by atoms with Gasteiger partial charge in [0.05, 0.1) is 0 Å². The van der Waals surface area contributed by atoms with Crippen molar-refractivity contribution in [3.8, 4) is 0 Å². The number of nitrogens with one attached hydrogen (secondary N) is 2. The van der Waals surface area contributed by atoms with E-state index in [1.54, 1.807) is 18.3 Å². The molecule has 1 aliphatic rings. The lowest BCUT2D eigenvalue weighted by atomic mass is 9.69. The molecule has 0 amide bonds. The molecule has 5 heteroatoms. The molecule has 1 fully saturated rings. The number of halogens is 1. The summed E-state index contributed by atoms with van der Waals surface area (Å²) in [6.07, 6.45) is 7.60. The summed E-state index contributed by atoms with van der Waals surface area (Å²) in [5, 5.41) is 7.08. The van der Waals surface area contributed by atoms with Gasteiger partial charge in [0.15, 0.2) is 5.11 Å². The summed E-state index contributed by atoms with van der Waals surface area (Å²) in [5.74, 6) is 0.558. The maximum Gasteiger partial charge on any atom is 0.171 e. The van der Waals surface area contributed by atoms with Crippen LogP contribution in [-0.4, -0.2) is 16.6 Å². The molecular weight excluding hydrogens is 333 g/mol. The molecule has 132 valence electrons. The largest absolute Gasteiger partial charge is 0.362 e. The summed E-state index contributed by atoms with van der Waals surface area (Å²) >= 11 is 5.45. The predicted octanol–water partition coefficient (Wildman–Crippen LogP) is 4.72. The third kappa shape index (κ3) is 4.54. The number of nitrogens with zero attached hydrogens (tertiary/aromatic N) is 1. The Morgan fingerprint density at radius 3 is 2.56 bits per heavy atom. The van der Waals surface area contributed by atoms with Crippen LogP contribution < -0.4 is 10.6 Å². The van der Waals surface area contributed by atoms with Gasteiger partial charge < -0.3 is 10.6 Å². The Hall–Kier alpha value is -2.01. The molecule has 3 rings (SSSR count). The van der Waals surface area contributed by atoms with Crippen LogP contribution in [0.1, 0.15) is 43.2 Å². The van der Waals surface area contributed by atoms with Gasteiger partial charge in [0.25, 0.3) is 0 Å². The third-order valence-electron chi connectivity index (χ3n) is 5.01. The highest BCUT2D eigenvalue weighted by atomic mass is 32.1. The minimum Gasteiger partial charge on any atom is -0.362 e. The van der Waals surface area contributed by atoms with Crippen LogP contribution in [0.25, 0.3) is 0 Å². The second-order valence-electron chi connectivity index (χ2n) is 6.87. The molecule has 2 N–H and O–H groups in total. The summed E-state index contributed by atoms with van der Waals surface area (Å²) in [4.78, 5) is 4.28. The van der Waals surface area contributed by atoms with Crippen LogP contribution in [0, 0.1) is 12.7 Å². The average molecular weight is 357 g/mol. The number of pyridine rings is 1. The van der Waals surface area contributed by atoms with Gasteiger partial charge >= 0.3 is 0 Å². The molecule has 1 heterocycles. The fourth-order valence-corrected chi connectivity index (χ4v) is 3.79. The van der Waals surface area contributed by atoms with Crippen molar-refractivity contribution in [1.82, 2.24) is 10.3 Å². The van der Waals surface area contributed by atoms with Crippen LogP contribution in [0.3, 0.4) is 0 Å². The molecule has 0 bridgehead atoms. The molecule has 0 unspecified atom stereocenters. The Balaban J connectivity index is 1.68. The van der Waals surface area contributed by atoms with Crippen molar-refractivity contribution >= 4 is 23.1 Å². The highest BCUT2D eigenvalue weighted by Crippen LogP contribution is 2.39. The highest BCUT2D eigenvalue weighted by molar-refractivity contribution is 7.80. The first kappa shape index (κ1) is 17.8. The molecule has 2 aromatic rings. The third-order valence-corrected chi connectivity index (χ3v) is 5.26. The molecular formula is C20H24FN3S. The zero-order valence-electron chi connectivity index (χ0n) is 14.5. The van der Waals surface area contributed by atoms with E-state index >= 15 is 0 Å². The summed E-state index contributed by atoms with van der Waals surface area (Å²) in [5.41, 5.74) is 2.34. The summed E-state index contributed by atoms with van der Waals surface area (Å²) < 4.78 is 13.3. The Labute approximate surface area is 154 Å². The zero-order chi connectivity index (χ0) is 17.7. The minimum atomic E-state index is -0.189. The normalized spacial score (nSPS) is 16.2. The molecule has 1 aliphatic carbocycles. The van der Waals surface area contributed by atoms with Crippen molar-refractivity contribution in [2.45, 2.75) is 44.4 Å². The van der Waals surface area contributed by atoms with E-state index in [1.165, 1.54) is 24.8 Å². The van der Waals surface area contributed by atoms with Crippen molar-refractivity contribution in [2.75, 3.05) is 11.9 Å². The van der Waals surface area contributed by atoms with E-state index in [9.17, 15) is 4.39 Å².